The van der Waals surface area contributed by atoms with Gasteiger partial charge in [0.15, 0.2) is 18.8 Å². The number of nitrogens with zero attached hydrogens (tertiary/aromatic N) is 3. The second-order valence-corrected chi connectivity index (χ2v) is 9.38. The lowest BCUT2D eigenvalue weighted by Crippen LogP contribution is -2.43. The van der Waals surface area contributed by atoms with Crippen molar-refractivity contribution in [3.05, 3.63) is 57.8 Å². The summed E-state index contributed by atoms with van der Waals surface area (Å²) in [4.78, 5) is 34.0. The van der Waals surface area contributed by atoms with E-state index >= 15 is 0 Å². The molecule has 0 unspecified atom stereocenters. The van der Waals surface area contributed by atoms with Gasteiger partial charge >= 0.3 is 0 Å². The molecule has 0 spiro atoms. The molecule has 0 bridgehead atoms. The summed E-state index contributed by atoms with van der Waals surface area (Å²) in [5, 5.41) is 2.60. The summed E-state index contributed by atoms with van der Waals surface area (Å²) in [5.41, 5.74) is 5.20. The zero-order valence-corrected chi connectivity index (χ0v) is 18.8. The number of hydrogen-bond donors (Lipinski definition) is 2. The highest BCUT2D eigenvalue weighted by molar-refractivity contribution is 5.92. The number of piperazine rings is 1. The SMILES string of the molecule is CNC(=O)c1ccc(N2CC[N+](=C3CC[C@@H](c4ccc(CC5CC5)c(=O)[nH]4)C3)CC2)cn1. The third-order valence-corrected chi connectivity index (χ3v) is 7.22. The van der Waals surface area contributed by atoms with Gasteiger partial charge in [-0.3, -0.25) is 9.59 Å². The fraction of sp³-hybridized carbons (Fsp3) is 0.520. The third kappa shape index (κ3) is 4.47. The Morgan fingerprint density at radius 1 is 1.19 bits per heavy atom. The highest BCUT2D eigenvalue weighted by atomic mass is 16.1. The molecule has 32 heavy (non-hydrogen) atoms. The maximum Gasteiger partial charge on any atom is 0.269 e. The molecule has 7 heteroatoms. The number of amides is 1. The number of H-pyrrole nitrogens is 1. The number of pyridine rings is 2. The predicted octanol–water partition coefficient (Wildman–Crippen LogP) is 2.32. The molecule has 7 nitrogen and oxygen atoms in total. The average Bonchev–Trinajstić information content (AvgIpc) is 3.52. The van der Waals surface area contributed by atoms with Crippen molar-refractivity contribution in [1.82, 2.24) is 15.3 Å². The number of carbonyl (C=O) groups excluding carboxylic acids is 1. The van der Waals surface area contributed by atoms with Crippen LogP contribution in [0, 0.1) is 5.92 Å². The van der Waals surface area contributed by atoms with Crippen molar-refractivity contribution in [3.63, 3.8) is 0 Å². The molecule has 168 valence electrons. The van der Waals surface area contributed by atoms with Gasteiger partial charge in [0.25, 0.3) is 11.5 Å². The van der Waals surface area contributed by atoms with Gasteiger partial charge < -0.3 is 15.2 Å². The highest BCUT2D eigenvalue weighted by Gasteiger charge is 2.31. The first-order valence-corrected chi connectivity index (χ1v) is 11.9. The smallest absolute Gasteiger partial charge is 0.269 e. The van der Waals surface area contributed by atoms with Crippen molar-refractivity contribution in [3.8, 4) is 0 Å². The molecule has 5 rings (SSSR count). The van der Waals surface area contributed by atoms with E-state index in [1.54, 1.807) is 19.3 Å². The molecule has 3 aliphatic rings. The van der Waals surface area contributed by atoms with Crippen molar-refractivity contribution in [2.24, 2.45) is 5.92 Å². The summed E-state index contributed by atoms with van der Waals surface area (Å²) >= 11 is 0. The molecule has 1 amide bonds. The zero-order chi connectivity index (χ0) is 22.1. The predicted molar refractivity (Wildman–Crippen MR) is 125 cm³/mol. The van der Waals surface area contributed by atoms with Crippen LogP contribution in [0.15, 0.2) is 35.3 Å². The van der Waals surface area contributed by atoms with Gasteiger partial charge in [-0.2, -0.15) is 0 Å². The summed E-state index contributed by atoms with van der Waals surface area (Å²) in [6, 6.07) is 7.98. The van der Waals surface area contributed by atoms with E-state index in [4.69, 9.17) is 0 Å². The molecule has 0 radical (unpaired) electrons. The van der Waals surface area contributed by atoms with E-state index < -0.39 is 0 Å². The normalized spacial score (nSPS) is 21.2. The molecule has 2 saturated carbocycles. The van der Waals surface area contributed by atoms with E-state index in [9.17, 15) is 9.59 Å². The summed E-state index contributed by atoms with van der Waals surface area (Å²) in [7, 11) is 1.62. The Morgan fingerprint density at radius 2 is 2.00 bits per heavy atom. The number of carbonyl (C=O) groups is 1. The van der Waals surface area contributed by atoms with E-state index in [1.165, 1.54) is 18.6 Å². The maximum atomic E-state index is 12.5. The van der Waals surface area contributed by atoms with Crippen molar-refractivity contribution in [2.75, 3.05) is 38.1 Å². The van der Waals surface area contributed by atoms with Crippen LogP contribution in [-0.2, 0) is 6.42 Å². The summed E-state index contributed by atoms with van der Waals surface area (Å²) in [5.74, 6) is 0.996. The first-order chi connectivity index (χ1) is 15.6. The molecule has 3 fully saturated rings. The maximum absolute atomic E-state index is 12.5. The van der Waals surface area contributed by atoms with Crippen LogP contribution in [0.25, 0.3) is 0 Å². The number of nitrogens with one attached hydrogen (secondary N) is 2. The van der Waals surface area contributed by atoms with Gasteiger partial charge in [-0.15, -0.1) is 0 Å². The molecular formula is C25H32N5O2+. The lowest BCUT2D eigenvalue weighted by atomic mass is 10.0. The summed E-state index contributed by atoms with van der Waals surface area (Å²) in [6.45, 7) is 3.88. The number of anilines is 1. The Bertz CT molecular complexity index is 1070. The average molecular weight is 435 g/mol. The Kier molecular flexibility index (Phi) is 5.81. The number of rotatable bonds is 5. The van der Waals surface area contributed by atoms with Crippen molar-refractivity contribution < 1.29 is 9.37 Å². The van der Waals surface area contributed by atoms with Crippen LogP contribution >= 0.6 is 0 Å². The standard InChI is InChI=1S/C25H31N5O2/c1-26-25(32)23-9-7-21(16-27-23)30-12-10-29(11-13-30)20-6-4-18(15-20)22-8-5-19(24(31)28-22)14-17-2-3-17/h5,7-9,16-18H,2-4,6,10-15H2,1H3,(H-,26,28,31,32)/p+1/t18-/m1/s1. The third-order valence-electron chi connectivity index (χ3n) is 7.22. The van der Waals surface area contributed by atoms with Gasteiger partial charge in [0.05, 0.1) is 25.0 Å². The van der Waals surface area contributed by atoms with Crippen LogP contribution in [-0.4, -0.2) is 59.4 Å². The van der Waals surface area contributed by atoms with Crippen LogP contribution < -0.4 is 15.8 Å². The van der Waals surface area contributed by atoms with Crippen LogP contribution in [0.4, 0.5) is 5.69 Å². The minimum Gasteiger partial charge on any atom is -0.358 e. The zero-order valence-electron chi connectivity index (χ0n) is 18.8. The van der Waals surface area contributed by atoms with Gasteiger partial charge in [-0.1, -0.05) is 6.07 Å². The van der Waals surface area contributed by atoms with Crippen molar-refractivity contribution in [1.29, 1.82) is 0 Å². The Labute approximate surface area is 188 Å². The highest BCUT2D eigenvalue weighted by Crippen LogP contribution is 2.33. The molecule has 1 atom stereocenters. The van der Waals surface area contributed by atoms with Crippen LogP contribution in [0.2, 0.25) is 0 Å². The molecule has 2 aromatic rings. The molecular weight excluding hydrogens is 402 g/mol. The first kappa shape index (κ1) is 20.9. The topological polar surface area (TPSA) is 81.1 Å². The second-order valence-electron chi connectivity index (χ2n) is 9.38. The molecule has 1 saturated heterocycles. The number of aromatic amines is 1. The van der Waals surface area contributed by atoms with Crippen LogP contribution in [0.3, 0.4) is 0 Å². The molecule has 2 N–H and O–H groups in total. The van der Waals surface area contributed by atoms with Crippen LogP contribution in [0.1, 0.15) is 59.8 Å². The lowest BCUT2D eigenvalue weighted by Gasteiger charge is -2.27. The lowest BCUT2D eigenvalue weighted by molar-refractivity contribution is -0.531. The van der Waals surface area contributed by atoms with E-state index in [0.717, 1.165) is 74.7 Å². The summed E-state index contributed by atoms with van der Waals surface area (Å²) in [6.07, 6.45) is 8.53. The van der Waals surface area contributed by atoms with Crippen molar-refractivity contribution >= 4 is 17.3 Å². The van der Waals surface area contributed by atoms with Gasteiger partial charge in [-0.25, -0.2) is 9.56 Å². The minimum atomic E-state index is -0.160. The largest absolute Gasteiger partial charge is 0.358 e. The Morgan fingerprint density at radius 3 is 2.66 bits per heavy atom. The Hall–Kier alpha value is -2.96. The Balaban J connectivity index is 1.20. The van der Waals surface area contributed by atoms with E-state index in [0.29, 0.717) is 11.6 Å². The molecule has 0 aromatic carbocycles. The van der Waals surface area contributed by atoms with E-state index in [-0.39, 0.29) is 11.5 Å². The quantitative estimate of drug-likeness (QED) is 0.708. The van der Waals surface area contributed by atoms with E-state index in [2.05, 4.69) is 36.9 Å². The monoisotopic (exact) mass is 434 g/mol. The van der Waals surface area contributed by atoms with Crippen LogP contribution in [0.5, 0.6) is 0 Å². The first-order valence-electron chi connectivity index (χ1n) is 11.9. The molecule has 2 aromatic heterocycles. The molecule has 2 aliphatic carbocycles. The minimum absolute atomic E-state index is 0.118. The molecule has 3 heterocycles. The fourth-order valence-electron chi connectivity index (χ4n) is 5.05. The summed E-state index contributed by atoms with van der Waals surface area (Å²) < 4.78 is 2.53. The van der Waals surface area contributed by atoms with Gasteiger partial charge in [0.1, 0.15) is 5.69 Å². The number of aromatic nitrogens is 2. The fourth-order valence-corrected chi connectivity index (χ4v) is 5.05. The number of hydrogen-bond acceptors (Lipinski definition) is 4. The van der Waals surface area contributed by atoms with Gasteiger partial charge in [-0.05, 0) is 49.8 Å². The van der Waals surface area contributed by atoms with E-state index in [1.807, 2.05) is 6.07 Å². The second kappa shape index (κ2) is 8.88. The van der Waals surface area contributed by atoms with Crippen molar-refractivity contribution in [2.45, 2.75) is 44.4 Å². The van der Waals surface area contributed by atoms with Gasteiger partial charge in [0.2, 0.25) is 0 Å². The van der Waals surface area contributed by atoms with Gasteiger partial charge in [0, 0.05) is 37.1 Å². The molecule has 1 aliphatic heterocycles.